The topological polar surface area (TPSA) is 65.3 Å². The molecule has 0 spiro atoms. The van der Waals surface area contributed by atoms with Crippen molar-refractivity contribution in [2.24, 2.45) is 0 Å². The molecule has 124 valence electrons. The van der Waals surface area contributed by atoms with E-state index in [-0.39, 0.29) is 17.7 Å². The molecule has 6 nitrogen and oxygen atoms in total. The maximum atomic E-state index is 12.5. The predicted octanol–water partition coefficient (Wildman–Crippen LogP) is 1.51. The molecular formula is C17H23N3O3. The maximum Gasteiger partial charge on any atom is 0.329 e. The number of amides is 1. The maximum absolute atomic E-state index is 12.5. The number of hydrogen-bond donors (Lipinski definition) is 1. The van der Waals surface area contributed by atoms with Gasteiger partial charge in [-0.05, 0) is 31.9 Å². The highest BCUT2D eigenvalue weighted by Gasteiger charge is 2.17. The van der Waals surface area contributed by atoms with E-state index in [4.69, 9.17) is 4.74 Å². The molecule has 1 aromatic carbocycles. The van der Waals surface area contributed by atoms with Gasteiger partial charge in [0, 0.05) is 32.7 Å². The lowest BCUT2D eigenvalue weighted by Crippen LogP contribution is -2.33. The van der Waals surface area contributed by atoms with Gasteiger partial charge < -0.3 is 10.1 Å². The van der Waals surface area contributed by atoms with Crippen molar-refractivity contribution >= 4 is 16.9 Å². The van der Waals surface area contributed by atoms with Crippen LogP contribution in [-0.2, 0) is 22.6 Å². The molecule has 0 unspecified atom stereocenters. The Kier molecular flexibility index (Phi) is 4.81. The number of rotatable bonds is 6. The molecule has 3 rings (SSSR count). The number of aromatic nitrogens is 2. The van der Waals surface area contributed by atoms with E-state index >= 15 is 0 Å². The fourth-order valence-electron chi connectivity index (χ4n) is 3.13. The Labute approximate surface area is 135 Å². The van der Waals surface area contributed by atoms with Crippen molar-refractivity contribution < 1.29 is 9.53 Å². The second-order valence-electron chi connectivity index (χ2n) is 5.86. The summed E-state index contributed by atoms with van der Waals surface area (Å²) < 4.78 is 8.91. The minimum Gasteiger partial charge on any atom is -0.376 e. The summed E-state index contributed by atoms with van der Waals surface area (Å²) in [6.45, 7) is 4.31. The van der Waals surface area contributed by atoms with Crippen molar-refractivity contribution in [3.63, 3.8) is 0 Å². The summed E-state index contributed by atoms with van der Waals surface area (Å²) in [5.41, 5.74) is 1.74. The van der Waals surface area contributed by atoms with Gasteiger partial charge in [0.1, 0.15) is 0 Å². The molecule has 2 heterocycles. The Balaban J connectivity index is 1.66. The number of nitrogens with zero attached hydrogens (tertiary/aromatic N) is 2. The van der Waals surface area contributed by atoms with Gasteiger partial charge in [0.25, 0.3) is 0 Å². The molecule has 0 bridgehead atoms. The third-order valence-corrected chi connectivity index (χ3v) is 4.35. The molecule has 1 aromatic heterocycles. The minimum absolute atomic E-state index is 0.0410. The second kappa shape index (κ2) is 7.00. The summed E-state index contributed by atoms with van der Waals surface area (Å²) in [5.74, 6) is -0.0410. The van der Waals surface area contributed by atoms with Crippen LogP contribution in [0.2, 0.25) is 0 Å². The summed E-state index contributed by atoms with van der Waals surface area (Å²) >= 11 is 0. The number of hydrogen-bond acceptors (Lipinski definition) is 3. The Bertz CT molecular complexity index is 741. The molecule has 1 saturated heterocycles. The van der Waals surface area contributed by atoms with Crippen LogP contribution >= 0.6 is 0 Å². The quantitative estimate of drug-likeness (QED) is 0.878. The van der Waals surface area contributed by atoms with Crippen molar-refractivity contribution in [1.29, 1.82) is 0 Å². The van der Waals surface area contributed by atoms with Crippen LogP contribution in [0, 0.1) is 0 Å². The zero-order valence-electron chi connectivity index (χ0n) is 13.5. The summed E-state index contributed by atoms with van der Waals surface area (Å²) in [6.07, 6.45) is 2.50. The lowest BCUT2D eigenvalue weighted by molar-refractivity contribution is -0.121. The van der Waals surface area contributed by atoms with Crippen LogP contribution in [0.3, 0.4) is 0 Å². The summed E-state index contributed by atoms with van der Waals surface area (Å²) in [4.78, 5) is 24.5. The van der Waals surface area contributed by atoms with E-state index in [1.54, 1.807) is 9.13 Å². The Morgan fingerprint density at radius 3 is 2.70 bits per heavy atom. The zero-order chi connectivity index (χ0) is 16.2. The van der Waals surface area contributed by atoms with Gasteiger partial charge in [-0.1, -0.05) is 12.1 Å². The number of carbonyl (C=O) groups is 1. The number of nitrogens with one attached hydrogen (secondary N) is 1. The van der Waals surface area contributed by atoms with Crippen molar-refractivity contribution in [3.8, 4) is 0 Å². The Morgan fingerprint density at radius 1 is 1.30 bits per heavy atom. The molecule has 2 aromatic rings. The first-order chi connectivity index (χ1) is 11.2. The first-order valence-corrected chi connectivity index (χ1v) is 8.27. The van der Waals surface area contributed by atoms with E-state index in [9.17, 15) is 9.59 Å². The molecule has 0 aliphatic carbocycles. The van der Waals surface area contributed by atoms with Crippen molar-refractivity contribution in [1.82, 2.24) is 14.5 Å². The Morgan fingerprint density at radius 2 is 2.04 bits per heavy atom. The Hall–Kier alpha value is -2.08. The van der Waals surface area contributed by atoms with Crippen LogP contribution in [0.4, 0.5) is 0 Å². The number of para-hydroxylation sites is 2. The third kappa shape index (κ3) is 3.32. The van der Waals surface area contributed by atoms with Crippen molar-refractivity contribution in [2.45, 2.75) is 45.4 Å². The van der Waals surface area contributed by atoms with Crippen molar-refractivity contribution in [2.75, 3.05) is 13.2 Å². The van der Waals surface area contributed by atoms with Gasteiger partial charge in [-0.2, -0.15) is 0 Å². The fourth-order valence-corrected chi connectivity index (χ4v) is 3.13. The number of aryl methyl sites for hydroxylation is 2. The number of fused-ring (bicyclic) bond motifs is 1. The first kappa shape index (κ1) is 15.8. The van der Waals surface area contributed by atoms with E-state index in [1.807, 2.05) is 31.2 Å². The monoisotopic (exact) mass is 317 g/mol. The smallest absolute Gasteiger partial charge is 0.329 e. The van der Waals surface area contributed by atoms with Crippen molar-refractivity contribution in [3.05, 3.63) is 34.7 Å². The van der Waals surface area contributed by atoms with Crippen LogP contribution in [0.15, 0.2) is 29.1 Å². The highest BCUT2D eigenvalue weighted by molar-refractivity contribution is 5.78. The second-order valence-corrected chi connectivity index (χ2v) is 5.86. The van der Waals surface area contributed by atoms with Crippen LogP contribution in [-0.4, -0.2) is 34.3 Å². The SMILES string of the molecule is CCn1c(=O)n(CCC(=O)NC[C@H]2CCCO2)c2ccccc21. The van der Waals surface area contributed by atoms with Gasteiger partial charge in [-0.15, -0.1) is 0 Å². The highest BCUT2D eigenvalue weighted by atomic mass is 16.5. The lowest BCUT2D eigenvalue weighted by Gasteiger charge is -2.10. The number of ether oxygens (including phenoxy) is 1. The van der Waals surface area contributed by atoms with E-state index in [0.29, 0.717) is 26.1 Å². The lowest BCUT2D eigenvalue weighted by atomic mass is 10.2. The molecule has 6 heteroatoms. The summed E-state index contributed by atoms with van der Waals surface area (Å²) in [5, 5.41) is 2.90. The van der Waals surface area contributed by atoms with Crippen LogP contribution in [0.1, 0.15) is 26.2 Å². The number of carbonyl (C=O) groups excluding carboxylic acids is 1. The van der Waals surface area contributed by atoms with E-state index < -0.39 is 0 Å². The van der Waals surface area contributed by atoms with Crippen LogP contribution < -0.4 is 11.0 Å². The first-order valence-electron chi connectivity index (χ1n) is 8.27. The summed E-state index contributed by atoms with van der Waals surface area (Å²) in [7, 11) is 0. The van der Waals surface area contributed by atoms with Gasteiger partial charge >= 0.3 is 5.69 Å². The van der Waals surface area contributed by atoms with Gasteiger partial charge in [-0.3, -0.25) is 13.9 Å². The molecule has 0 saturated carbocycles. The van der Waals surface area contributed by atoms with E-state index in [2.05, 4.69) is 5.32 Å². The fraction of sp³-hybridized carbons (Fsp3) is 0.529. The molecule has 1 fully saturated rings. The average Bonchev–Trinajstić information content (AvgIpc) is 3.17. The molecule has 1 amide bonds. The molecule has 23 heavy (non-hydrogen) atoms. The van der Waals surface area contributed by atoms with E-state index in [0.717, 1.165) is 30.5 Å². The van der Waals surface area contributed by atoms with Crippen LogP contribution in [0.25, 0.3) is 11.0 Å². The van der Waals surface area contributed by atoms with Gasteiger partial charge in [0.15, 0.2) is 0 Å². The average molecular weight is 317 g/mol. The van der Waals surface area contributed by atoms with E-state index in [1.165, 1.54) is 0 Å². The normalized spacial score (nSPS) is 17.7. The largest absolute Gasteiger partial charge is 0.376 e. The minimum atomic E-state index is -0.0550. The molecule has 1 aliphatic rings. The summed E-state index contributed by atoms with van der Waals surface area (Å²) in [6, 6.07) is 7.70. The zero-order valence-corrected chi connectivity index (χ0v) is 13.5. The molecule has 0 radical (unpaired) electrons. The molecule has 1 N–H and O–H groups in total. The molecule has 1 aliphatic heterocycles. The third-order valence-electron chi connectivity index (χ3n) is 4.35. The molecule has 1 atom stereocenters. The number of imidazole rings is 1. The van der Waals surface area contributed by atoms with Gasteiger partial charge in [-0.25, -0.2) is 4.79 Å². The highest BCUT2D eigenvalue weighted by Crippen LogP contribution is 2.13. The molecular weight excluding hydrogens is 294 g/mol. The standard InChI is InChI=1S/C17H23N3O3/c1-2-19-14-7-3-4-8-15(14)20(17(19)22)10-9-16(21)18-12-13-6-5-11-23-13/h3-4,7-8,13H,2,5-6,9-12H2,1H3,(H,18,21)/t13-/m1/s1. The van der Waals surface area contributed by atoms with Gasteiger partial charge in [0.05, 0.1) is 17.1 Å². The van der Waals surface area contributed by atoms with Gasteiger partial charge in [0.2, 0.25) is 5.91 Å². The van der Waals surface area contributed by atoms with Crippen LogP contribution in [0.5, 0.6) is 0 Å². The predicted molar refractivity (Wildman–Crippen MR) is 88.5 cm³/mol. The number of benzene rings is 1.